The number of halogens is 1. The predicted octanol–water partition coefficient (Wildman–Crippen LogP) is 2.13. The van der Waals surface area contributed by atoms with E-state index in [0.29, 0.717) is 18.9 Å². The second kappa shape index (κ2) is 7.00. The van der Waals surface area contributed by atoms with E-state index < -0.39 is 0 Å². The third-order valence-electron chi connectivity index (χ3n) is 2.93. The Labute approximate surface area is 117 Å². The van der Waals surface area contributed by atoms with Crippen molar-refractivity contribution in [2.24, 2.45) is 0 Å². The fraction of sp³-hybridized carbons (Fsp3) is 0.429. The van der Waals surface area contributed by atoms with Gasteiger partial charge in [0, 0.05) is 13.1 Å². The van der Waals surface area contributed by atoms with Gasteiger partial charge < -0.3 is 10.1 Å². The van der Waals surface area contributed by atoms with E-state index in [0.717, 1.165) is 12.1 Å². The number of aromatic nitrogens is 3. The van der Waals surface area contributed by atoms with E-state index in [-0.39, 0.29) is 18.2 Å². The maximum atomic E-state index is 13.9. The monoisotopic (exact) mass is 278 g/mol. The predicted molar refractivity (Wildman–Crippen MR) is 73.8 cm³/mol. The Morgan fingerprint density at radius 2 is 2.20 bits per heavy atom. The third-order valence-corrected chi connectivity index (χ3v) is 2.93. The third kappa shape index (κ3) is 3.54. The molecule has 0 aliphatic rings. The first-order valence-electron chi connectivity index (χ1n) is 6.73. The van der Waals surface area contributed by atoms with Crippen LogP contribution < -0.4 is 10.1 Å². The lowest BCUT2D eigenvalue weighted by Crippen LogP contribution is -2.12. The van der Waals surface area contributed by atoms with Crippen molar-refractivity contribution in [3.05, 3.63) is 41.7 Å². The first-order valence-corrected chi connectivity index (χ1v) is 6.73. The average molecular weight is 278 g/mol. The van der Waals surface area contributed by atoms with Gasteiger partial charge in [-0.1, -0.05) is 13.0 Å². The summed E-state index contributed by atoms with van der Waals surface area (Å²) in [5, 5.41) is 7.19. The van der Waals surface area contributed by atoms with Crippen LogP contribution in [-0.4, -0.2) is 21.3 Å². The van der Waals surface area contributed by atoms with Crippen molar-refractivity contribution in [3.63, 3.8) is 0 Å². The van der Waals surface area contributed by atoms with Crippen LogP contribution in [0.2, 0.25) is 0 Å². The number of nitrogens with zero attached hydrogens (tertiary/aromatic N) is 3. The number of aryl methyl sites for hydroxylation is 1. The number of rotatable bonds is 7. The van der Waals surface area contributed by atoms with Gasteiger partial charge >= 0.3 is 0 Å². The molecule has 2 aromatic rings. The van der Waals surface area contributed by atoms with Gasteiger partial charge in [-0.3, -0.25) is 0 Å². The molecule has 0 radical (unpaired) electrons. The zero-order chi connectivity index (χ0) is 14.4. The molecule has 5 nitrogen and oxygen atoms in total. The molecule has 0 saturated carbocycles. The fourth-order valence-electron chi connectivity index (χ4n) is 1.85. The van der Waals surface area contributed by atoms with E-state index in [4.69, 9.17) is 4.74 Å². The van der Waals surface area contributed by atoms with Crippen molar-refractivity contribution < 1.29 is 9.13 Å². The van der Waals surface area contributed by atoms with E-state index in [1.807, 2.05) is 19.9 Å². The lowest BCUT2D eigenvalue weighted by Gasteiger charge is -2.09. The second-order valence-corrected chi connectivity index (χ2v) is 4.33. The van der Waals surface area contributed by atoms with Crippen LogP contribution in [0, 0.1) is 5.82 Å². The highest BCUT2D eigenvalue weighted by molar-refractivity contribution is 5.29. The summed E-state index contributed by atoms with van der Waals surface area (Å²) in [4.78, 5) is 4.08. The first kappa shape index (κ1) is 14.5. The Morgan fingerprint density at radius 1 is 1.35 bits per heavy atom. The number of benzene rings is 1. The summed E-state index contributed by atoms with van der Waals surface area (Å²) in [5.74, 6) is 0.558. The second-order valence-electron chi connectivity index (χ2n) is 4.33. The zero-order valence-corrected chi connectivity index (χ0v) is 11.8. The molecule has 1 aromatic carbocycles. The molecule has 0 spiro atoms. The molecule has 1 heterocycles. The van der Waals surface area contributed by atoms with Gasteiger partial charge in [0.25, 0.3) is 0 Å². The van der Waals surface area contributed by atoms with Gasteiger partial charge in [-0.05, 0) is 31.2 Å². The number of hydrogen-bond acceptors (Lipinski definition) is 4. The summed E-state index contributed by atoms with van der Waals surface area (Å²) < 4.78 is 21.1. The van der Waals surface area contributed by atoms with E-state index in [1.54, 1.807) is 10.7 Å². The van der Waals surface area contributed by atoms with Crippen molar-refractivity contribution in [2.45, 2.75) is 33.5 Å². The minimum atomic E-state index is -0.358. The van der Waals surface area contributed by atoms with Gasteiger partial charge in [0.2, 0.25) is 0 Å². The minimum absolute atomic E-state index is 0.206. The van der Waals surface area contributed by atoms with Crippen LogP contribution in [0.15, 0.2) is 24.5 Å². The van der Waals surface area contributed by atoms with Crippen molar-refractivity contribution in [2.75, 3.05) is 6.54 Å². The van der Waals surface area contributed by atoms with Gasteiger partial charge in [-0.2, -0.15) is 5.10 Å². The van der Waals surface area contributed by atoms with Crippen LogP contribution in [0.3, 0.4) is 0 Å². The molecule has 0 aliphatic heterocycles. The van der Waals surface area contributed by atoms with Gasteiger partial charge in [-0.15, -0.1) is 0 Å². The minimum Gasteiger partial charge on any atom is -0.483 e. The topological polar surface area (TPSA) is 52.0 Å². The summed E-state index contributed by atoms with van der Waals surface area (Å²) in [7, 11) is 0. The summed E-state index contributed by atoms with van der Waals surface area (Å²) in [6.07, 6.45) is 1.47. The molecule has 0 saturated heterocycles. The summed E-state index contributed by atoms with van der Waals surface area (Å²) in [6, 6.07) is 4.99. The number of hydrogen-bond donors (Lipinski definition) is 1. The molecule has 1 aromatic heterocycles. The Morgan fingerprint density at radius 3 is 2.90 bits per heavy atom. The molecule has 0 atom stereocenters. The average Bonchev–Trinajstić information content (AvgIpc) is 2.91. The van der Waals surface area contributed by atoms with Crippen molar-refractivity contribution >= 4 is 0 Å². The van der Waals surface area contributed by atoms with Gasteiger partial charge in [0.05, 0.1) is 0 Å². The molecular formula is C14H19FN4O. The summed E-state index contributed by atoms with van der Waals surface area (Å²) in [6.45, 7) is 6.40. The highest BCUT2D eigenvalue weighted by Crippen LogP contribution is 2.19. The SMILES string of the molecule is CCNCc1ccc(OCc2ncnn2CC)c(F)c1. The fourth-order valence-corrected chi connectivity index (χ4v) is 1.85. The maximum absolute atomic E-state index is 13.9. The van der Waals surface area contributed by atoms with E-state index in [2.05, 4.69) is 15.4 Å². The van der Waals surface area contributed by atoms with Crippen LogP contribution in [0.4, 0.5) is 4.39 Å². The normalized spacial score (nSPS) is 10.8. The lowest BCUT2D eigenvalue weighted by molar-refractivity contribution is 0.273. The molecular weight excluding hydrogens is 259 g/mol. The first-order chi connectivity index (χ1) is 9.74. The molecule has 0 aliphatic carbocycles. The maximum Gasteiger partial charge on any atom is 0.165 e. The van der Waals surface area contributed by atoms with Crippen LogP contribution in [0.1, 0.15) is 25.2 Å². The summed E-state index contributed by atoms with van der Waals surface area (Å²) >= 11 is 0. The molecule has 0 amide bonds. The largest absolute Gasteiger partial charge is 0.483 e. The Balaban J connectivity index is 1.99. The standard InChI is InChI=1S/C14H19FN4O/c1-3-16-8-11-5-6-13(12(15)7-11)20-9-14-17-10-18-19(14)4-2/h5-7,10,16H,3-4,8-9H2,1-2H3. The lowest BCUT2D eigenvalue weighted by atomic mass is 10.2. The van der Waals surface area contributed by atoms with Gasteiger partial charge in [-0.25, -0.2) is 14.1 Å². The van der Waals surface area contributed by atoms with Crippen LogP contribution in [-0.2, 0) is 19.7 Å². The molecule has 108 valence electrons. The van der Waals surface area contributed by atoms with E-state index >= 15 is 0 Å². The highest BCUT2D eigenvalue weighted by Gasteiger charge is 2.08. The highest BCUT2D eigenvalue weighted by atomic mass is 19.1. The molecule has 0 unspecified atom stereocenters. The van der Waals surface area contributed by atoms with Gasteiger partial charge in [0.1, 0.15) is 12.9 Å². The smallest absolute Gasteiger partial charge is 0.165 e. The number of ether oxygens (including phenoxy) is 1. The molecule has 6 heteroatoms. The molecule has 0 fully saturated rings. The Bertz CT molecular complexity index is 556. The van der Waals surface area contributed by atoms with Gasteiger partial charge in [0.15, 0.2) is 17.4 Å². The van der Waals surface area contributed by atoms with Crippen LogP contribution >= 0.6 is 0 Å². The van der Waals surface area contributed by atoms with Crippen molar-refractivity contribution in [1.82, 2.24) is 20.1 Å². The van der Waals surface area contributed by atoms with E-state index in [1.165, 1.54) is 12.4 Å². The Hall–Kier alpha value is -1.95. The van der Waals surface area contributed by atoms with Crippen LogP contribution in [0.25, 0.3) is 0 Å². The Kier molecular flexibility index (Phi) is 5.06. The molecule has 2 rings (SSSR count). The van der Waals surface area contributed by atoms with Crippen molar-refractivity contribution in [3.8, 4) is 5.75 Å². The molecule has 0 bridgehead atoms. The van der Waals surface area contributed by atoms with Crippen molar-refractivity contribution in [1.29, 1.82) is 0 Å². The zero-order valence-electron chi connectivity index (χ0n) is 11.8. The quantitative estimate of drug-likeness (QED) is 0.843. The summed E-state index contributed by atoms with van der Waals surface area (Å²) in [5.41, 5.74) is 0.897. The van der Waals surface area contributed by atoms with Crippen LogP contribution in [0.5, 0.6) is 5.75 Å². The number of nitrogens with one attached hydrogen (secondary N) is 1. The van der Waals surface area contributed by atoms with E-state index in [9.17, 15) is 4.39 Å². The molecule has 20 heavy (non-hydrogen) atoms. The molecule has 1 N–H and O–H groups in total.